The van der Waals surface area contributed by atoms with Crippen molar-refractivity contribution in [1.29, 1.82) is 0 Å². The fourth-order valence-electron chi connectivity index (χ4n) is 2.55. The van der Waals surface area contributed by atoms with Crippen molar-refractivity contribution >= 4 is 22.6 Å². The number of carbonyl (C=O) groups excluding carboxylic acids is 1. The zero-order valence-electron chi connectivity index (χ0n) is 15.5. The van der Waals surface area contributed by atoms with E-state index in [4.69, 9.17) is 13.6 Å². The minimum Gasteiger partial charge on any atom is -0.463 e. The average Bonchev–Trinajstić information content (AvgIpc) is 2.38. The molecule has 0 aliphatic heterocycles. The van der Waals surface area contributed by atoms with Gasteiger partial charge in [0.1, 0.15) is 6.61 Å². The molecule has 0 aromatic carbocycles. The summed E-state index contributed by atoms with van der Waals surface area (Å²) >= 11 is 0. The highest BCUT2D eigenvalue weighted by atomic mass is 28.4. The molecule has 0 aromatic heterocycles. The lowest BCUT2D eigenvalue weighted by Crippen LogP contribution is -2.44. The second-order valence-electron chi connectivity index (χ2n) is 7.13. The van der Waals surface area contributed by atoms with Gasteiger partial charge in [0.25, 0.3) is 0 Å². The average molecular weight is 365 g/mol. The molecule has 140 valence electrons. The molecule has 0 saturated heterocycles. The maximum atomic E-state index is 10.6. The normalized spacial score (nSPS) is 11.9. The van der Waals surface area contributed by atoms with Crippen molar-refractivity contribution in [3.05, 3.63) is 0 Å². The van der Waals surface area contributed by atoms with Crippen LogP contribution in [0.2, 0.25) is 38.3 Å². The van der Waals surface area contributed by atoms with E-state index in [1.54, 1.807) is 0 Å². The van der Waals surface area contributed by atoms with E-state index in [2.05, 4.69) is 33.1 Å². The van der Waals surface area contributed by atoms with E-state index in [0.717, 1.165) is 19.4 Å². The molecule has 0 amide bonds. The van der Waals surface area contributed by atoms with Gasteiger partial charge in [-0.1, -0.05) is 33.6 Å². The molecule has 0 atom stereocenters. The van der Waals surface area contributed by atoms with Crippen molar-refractivity contribution in [3.8, 4) is 0 Å². The predicted molar refractivity (Wildman–Crippen MR) is 104 cm³/mol. The molecule has 0 radical (unpaired) electrons. The lowest BCUT2D eigenvalue weighted by molar-refractivity contribution is -0.142. The van der Waals surface area contributed by atoms with Crippen molar-refractivity contribution in [1.82, 2.24) is 0 Å². The summed E-state index contributed by atoms with van der Waals surface area (Å²) < 4.78 is 16.9. The summed E-state index contributed by atoms with van der Waals surface area (Å²) in [6.07, 6.45) is 4.76. The molecular weight excluding hydrogens is 324 g/mol. The molecule has 23 heavy (non-hydrogen) atoms. The van der Waals surface area contributed by atoms with Crippen molar-refractivity contribution in [2.24, 2.45) is 0 Å². The molecule has 0 fully saturated rings. The Morgan fingerprint density at radius 2 is 1.43 bits per heavy atom. The first-order valence-corrected chi connectivity index (χ1v) is 14.8. The van der Waals surface area contributed by atoms with Crippen LogP contribution in [-0.4, -0.2) is 42.4 Å². The zero-order valence-corrected chi connectivity index (χ0v) is 17.5. The maximum Gasteiger partial charge on any atom is 0.302 e. The van der Waals surface area contributed by atoms with Gasteiger partial charge in [0.15, 0.2) is 16.6 Å². The molecule has 0 aliphatic carbocycles. The Hall–Kier alpha value is -0.176. The first kappa shape index (κ1) is 25.1. The zero-order chi connectivity index (χ0) is 17.1. The van der Waals surface area contributed by atoms with Crippen molar-refractivity contribution in [2.75, 3.05) is 19.8 Å². The van der Waals surface area contributed by atoms with Crippen LogP contribution in [0.3, 0.4) is 0 Å². The smallest absolute Gasteiger partial charge is 0.302 e. The van der Waals surface area contributed by atoms with Crippen LogP contribution in [-0.2, 0) is 18.4 Å². The second kappa shape index (κ2) is 13.2. The van der Waals surface area contributed by atoms with E-state index >= 15 is 0 Å². The summed E-state index contributed by atoms with van der Waals surface area (Å²) in [6, 6.07) is 2.47. The molecule has 0 heterocycles. The number of ether oxygens (including phenoxy) is 2. The third-order valence-electron chi connectivity index (χ3n) is 3.54. The van der Waals surface area contributed by atoms with Crippen LogP contribution >= 0.6 is 0 Å². The Morgan fingerprint density at radius 3 is 1.96 bits per heavy atom. The molecule has 0 spiro atoms. The topological polar surface area (TPSA) is 44.8 Å². The van der Waals surface area contributed by atoms with Gasteiger partial charge in [0.2, 0.25) is 0 Å². The first-order chi connectivity index (χ1) is 10.2. The predicted octanol–water partition coefficient (Wildman–Crippen LogP) is 5.21. The van der Waals surface area contributed by atoms with Gasteiger partial charge in [-0.2, -0.15) is 0 Å². The summed E-state index contributed by atoms with van der Waals surface area (Å²) in [7, 11) is -3.02. The molecule has 0 aromatic rings. The number of rotatable bonds is 13. The Bertz CT molecular complexity index is 307. The molecule has 0 rings (SSSR count). The van der Waals surface area contributed by atoms with E-state index in [1.165, 1.54) is 31.9 Å². The van der Waals surface area contributed by atoms with Crippen LogP contribution in [0.1, 0.15) is 47.0 Å². The summed E-state index contributed by atoms with van der Waals surface area (Å²) in [5, 5.41) is 0. The Morgan fingerprint density at radius 1 is 0.870 bits per heavy atom. The van der Waals surface area contributed by atoms with Crippen LogP contribution in [0.15, 0.2) is 0 Å². The SMILES string of the molecule is C.CCCC[Si](C)(C)O[Si](C)(C)CCCCOCCOC(C)=O. The van der Waals surface area contributed by atoms with Crippen molar-refractivity contribution < 1.29 is 18.4 Å². The number of hydrogen-bond donors (Lipinski definition) is 0. The van der Waals surface area contributed by atoms with Gasteiger partial charge >= 0.3 is 5.97 Å². The van der Waals surface area contributed by atoms with Gasteiger partial charge in [-0.3, -0.25) is 4.79 Å². The summed E-state index contributed by atoms with van der Waals surface area (Å²) in [4.78, 5) is 10.6. The number of hydrogen-bond acceptors (Lipinski definition) is 4. The third kappa shape index (κ3) is 16.5. The Kier molecular flexibility index (Phi) is 14.3. The fourth-order valence-corrected chi connectivity index (χ4v) is 11.7. The molecule has 0 aliphatic rings. The first-order valence-electron chi connectivity index (χ1n) is 8.60. The van der Waals surface area contributed by atoms with Gasteiger partial charge in [0, 0.05) is 13.5 Å². The van der Waals surface area contributed by atoms with Gasteiger partial charge in [0.05, 0.1) is 6.61 Å². The van der Waals surface area contributed by atoms with E-state index in [9.17, 15) is 4.79 Å². The van der Waals surface area contributed by atoms with Gasteiger partial charge < -0.3 is 13.6 Å². The number of unbranched alkanes of at least 4 members (excludes halogenated alkanes) is 2. The van der Waals surface area contributed by atoms with Crippen LogP contribution in [0.25, 0.3) is 0 Å². The van der Waals surface area contributed by atoms with E-state index in [0.29, 0.717) is 13.2 Å². The largest absolute Gasteiger partial charge is 0.463 e. The Balaban J connectivity index is 0. The fraction of sp³-hybridized carbons (Fsp3) is 0.941. The Labute approximate surface area is 146 Å². The van der Waals surface area contributed by atoms with Crippen molar-refractivity contribution in [2.45, 2.75) is 85.2 Å². The summed E-state index contributed by atoms with van der Waals surface area (Å²) in [5.74, 6) is -0.247. The maximum absolute atomic E-state index is 10.6. The van der Waals surface area contributed by atoms with Gasteiger partial charge in [-0.25, -0.2) is 0 Å². The second-order valence-corrected chi connectivity index (χ2v) is 16.0. The lowest BCUT2D eigenvalue weighted by atomic mass is 10.4. The standard InChI is InChI=1S/C16H36O4Si2.CH4/c1-7-8-14-21(3,4)20-22(5,6)15-10-9-11-18-12-13-19-16(2)17;/h7-15H2,1-6H3;1H4. The molecule has 0 N–H and O–H groups in total. The highest BCUT2D eigenvalue weighted by molar-refractivity contribution is 6.84. The molecule has 0 unspecified atom stereocenters. The minimum absolute atomic E-state index is 0. The quantitative estimate of drug-likeness (QED) is 0.256. The van der Waals surface area contributed by atoms with Crippen LogP contribution < -0.4 is 0 Å². The molecule has 6 heteroatoms. The third-order valence-corrected chi connectivity index (χ3v) is 11.1. The number of esters is 1. The van der Waals surface area contributed by atoms with Gasteiger partial charge in [-0.15, -0.1) is 0 Å². The highest BCUT2D eigenvalue weighted by Gasteiger charge is 2.31. The van der Waals surface area contributed by atoms with Crippen LogP contribution in [0.5, 0.6) is 0 Å². The molecule has 4 nitrogen and oxygen atoms in total. The van der Waals surface area contributed by atoms with Gasteiger partial charge in [-0.05, 0) is 44.7 Å². The molecule has 0 saturated carbocycles. The highest BCUT2D eigenvalue weighted by Crippen LogP contribution is 2.24. The van der Waals surface area contributed by atoms with Crippen molar-refractivity contribution in [3.63, 3.8) is 0 Å². The minimum atomic E-state index is -1.54. The van der Waals surface area contributed by atoms with Crippen LogP contribution in [0, 0.1) is 0 Å². The monoisotopic (exact) mass is 364 g/mol. The van der Waals surface area contributed by atoms with E-state index < -0.39 is 16.6 Å². The lowest BCUT2D eigenvalue weighted by Gasteiger charge is -2.34. The van der Waals surface area contributed by atoms with Crippen LogP contribution in [0.4, 0.5) is 0 Å². The summed E-state index contributed by atoms with van der Waals surface area (Å²) in [6.45, 7) is 14.6. The molecular formula is C17H40O4Si2. The molecule has 0 bridgehead atoms. The van der Waals surface area contributed by atoms with E-state index in [1.807, 2.05) is 0 Å². The summed E-state index contributed by atoms with van der Waals surface area (Å²) in [5.41, 5.74) is 0. The van der Waals surface area contributed by atoms with E-state index in [-0.39, 0.29) is 13.4 Å². The number of carbonyl (C=O) groups is 1.